The normalized spacial score (nSPS) is 36.3. The van der Waals surface area contributed by atoms with Gasteiger partial charge < -0.3 is 4.90 Å². The van der Waals surface area contributed by atoms with Gasteiger partial charge >= 0.3 is 0 Å². The summed E-state index contributed by atoms with van der Waals surface area (Å²) in [7, 11) is 0. The Hall–Kier alpha value is -0.530. The van der Waals surface area contributed by atoms with Gasteiger partial charge in [0, 0.05) is 18.5 Å². The second-order valence-corrected chi connectivity index (χ2v) is 6.54. The second kappa shape index (κ2) is 3.75. The van der Waals surface area contributed by atoms with Crippen molar-refractivity contribution in [1.82, 2.24) is 4.90 Å². The van der Waals surface area contributed by atoms with Gasteiger partial charge in [0.2, 0.25) is 5.91 Å². The number of rotatable bonds is 4. The molecule has 0 aliphatic heterocycles. The molecule has 2 unspecified atom stereocenters. The molecule has 3 fully saturated rings. The highest BCUT2D eigenvalue weighted by molar-refractivity contribution is 5.80. The molecule has 2 nitrogen and oxygen atoms in total. The zero-order valence-corrected chi connectivity index (χ0v) is 10.5. The molecule has 3 rings (SSSR count). The zero-order chi connectivity index (χ0) is 11.3. The van der Waals surface area contributed by atoms with Gasteiger partial charge in [-0.3, -0.25) is 4.79 Å². The van der Waals surface area contributed by atoms with Crippen LogP contribution >= 0.6 is 0 Å². The molecule has 16 heavy (non-hydrogen) atoms. The predicted molar refractivity (Wildman–Crippen MR) is 63.9 cm³/mol. The zero-order valence-electron chi connectivity index (χ0n) is 10.5. The molecule has 0 N–H and O–H groups in total. The molecule has 0 radical (unpaired) electrons. The summed E-state index contributed by atoms with van der Waals surface area (Å²) in [5.41, 5.74) is 0. The van der Waals surface area contributed by atoms with Crippen LogP contribution in [0.25, 0.3) is 0 Å². The maximum atomic E-state index is 12.5. The van der Waals surface area contributed by atoms with E-state index < -0.39 is 0 Å². The van der Waals surface area contributed by atoms with Crippen molar-refractivity contribution in [3.63, 3.8) is 0 Å². The minimum Gasteiger partial charge on any atom is -0.339 e. The van der Waals surface area contributed by atoms with E-state index in [0.717, 1.165) is 18.4 Å². The number of carbonyl (C=O) groups excluding carboxylic acids is 1. The predicted octanol–water partition coefficient (Wildman–Crippen LogP) is 2.68. The first-order valence-electron chi connectivity index (χ1n) is 6.95. The van der Waals surface area contributed by atoms with Crippen LogP contribution in [0.4, 0.5) is 0 Å². The molecule has 3 aliphatic carbocycles. The van der Waals surface area contributed by atoms with E-state index in [9.17, 15) is 4.79 Å². The maximum Gasteiger partial charge on any atom is 0.225 e. The Morgan fingerprint density at radius 3 is 2.31 bits per heavy atom. The van der Waals surface area contributed by atoms with Gasteiger partial charge in [0.05, 0.1) is 0 Å². The highest BCUT2D eigenvalue weighted by Crippen LogP contribution is 2.55. The number of hydrogen-bond acceptors (Lipinski definition) is 1. The average molecular weight is 221 g/mol. The first-order chi connectivity index (χ1) is 7.65. The lowest BCUT2D eigenvalue weighted by Crippen LogP contribution is -2.39. The van der Waals surface area contributed by atoms with Crippen molar-refractivity contribution >= 4 is 5.91 Å². The minimum absolute atomic E-state index is 0.392. The molecule has 3 aliphatic rings. The SMILES string of the molecule is CC(C)CN(C(=O)C1CC2CC2C1)C1CC1. The molecule has 3 saturated carbocycles. The van der Waals surface area contributed by atoms with E-state index in [1.807, 2.05) is 0 Å². The molecule has 0 saturated heterocycles. The van der Waals surface area contributed by atoms with Crippen molar-refractivity contribution in [2.24, 2.45) is 23.7 Å². The molecular weight excluding hydrogens is 198 g/mol. The Labute approximate surface area is 98.4 Å². The summed E-state index contributed by atoms with van der Waals surface area (Å²) in [6, 6.07) is 0.604. The molecule has 0 heterocycles. The number of amides is 1. The van der Waals surface area contributed by atoms with Crippen LogP contribution in [0.15, 0.2) is 0 Å². The van der Waals surface area contributed by atoms with Crippen LogP contribution in [0.1, 0.15) is 46.0 Å². The summed E-state index contributed by atoms with van der Waals surface area (Å²) in [4.78, 5) is 14.7. The molecule has 0 aromatic carbocycles. The first kappa shape index (κ1) is 10.6. The van der Waals surface area contributed by atoms with Crippen molar-refractivity contribution in [3.8, 4) is 0 Å². The third-order valence-electron chi connectivity index (χ3n) is 4.43. The molecular formula is C14H23NO. The van der Waals surface area contributed by atoms with Crippen molar-refractivity contribution in [1.29, 1.82) is 0 Å². The van der Waals surface area contributed by atoms with Crippen molar-refractivity contribution in [2.45, 2.75) is 52.0 Å². The molecule has 0 spiro atoms. The molecule has 0 bridgehead atoms. The quantitative estimate of drug-likeness (QED) is 0.714. The van der Waals surface area contributed by atoms with Gasteiger partial charge in [-0.05, 0) is 49.9 Å². The van der Waals surface area contributed by atoms with Gasteiger partial charge in [0.25, 0.3) is 0 Å². The molecule has 90 valence electrons. The highest BCUT2D eigenvalue weighted by Gasteiger charge is 2.49. The number of carbonyl (C=O) groups is 1. The first-order valence-corrected chi connectivity index (χ1v) is 6.95. The van der Waals surface area contributed by atoms with Crippen LogP contribution in [0.2, 0.25) is 0 Å². The number of fused-ring (bicyclic) bond motifs is 1. The summed E-state index contributed by atoms with van der Waals surface area (Å²) >= 11 is 0. The third kappa shape index (κ3) is 1.99. The highest BCUT2D eigenvalue weighted by atomic mass is 16.2. The van der Waals surface area contributed by atoms with Crippen LogP contribution in [0.3, 0.4) is 0 Å². The van der Waals surface area contributed by atoms with E-state index in [2.05, 4.69) is 18.7 Å². The topological polar surface area (TPSA) is 20.3 Å². The van der Waals surface area contributed by atoms with E-state index in [1.54, 1.807) is 0 Å². The van der Waals surface area contributed by atoms with Gasteiger partial charge in [-0.15, -0.1) is 0 Å². The Morgan fingerprint density at radius 1 is 1.19 bits per heavy atom. The molecule has 2 atom stereocenters. The summed E-state index contributed by atoms with van der Waals surface area (Å²) in [6.07, 6.45) is 6.31. The lowest BCUT2D eigenvalue weighted by atomic mass is 10.0. The Bertz CT molecular complexity index is 285. The standard InChI is InChI=1S/C14H23NO/c1-9(2)8-15(13-3-4-13)14(16)12-6-10-5-11(10)7-12/h9-13H,3-8H2,1-2H3. The van der Waals surface area contributed by atoms with Crippen molar-refractivity contribution < 1.29 is 4.79 Å². The van der Waals surface area contributed by atoms with Crippen LogP contribution in [0, 0.1) is 23.7 Å². The van der Waals surface area contributed by atoms with E-state index in [-0.39, 0.29) is 0 Å². The number of hydrogen-bond donors (Lipinski definition) is 0. The Balaban J connectivity index is 1.61. The lowest BCUT2D eigenvalue weighted by molar-refractivity contribution is -0.136. The van der Waals surface area contributed by atoms with Gasteiger partial charge in [0.1, 0.15) is 0 Å². The number of nitrogens with zero attached hydrogens (tertiary/aromatic N) is 1. The fourth-order valence-electron chi connectivity index (χ4n) is 3.35. The Kier molecular flexibility index (Phi) is 2.49. The molecule has 1 amide bonds. The van der Waals surface area contributed by atoms with Gasteiger partial charge in [0.15, 0.2) is 0 Å². The maximum absolute atomic E-state index is 12.5. The van der Waals surface area contributed by atoms with Crippen LogP contribution in [-0.2, 0) is 4.79 Å². The van der Waals surface area contributed by atoms with E-state index in [4.69, 9.17) is 0 Å². The molecule has 2 heteroatoms. The largest absolute Gasteiger partial charge is 0.339 e. The molecule has 0 aromatic heterocycles. The van der Waals surface area contributed by atoms with Crippen molar-refractivity contribution in [3.05, 3.63) is 0 Å². The van der Waals surface area contributed by atoms with Crippen molar-refractivity contribution in [2.75, 3.05) is 6.54 Å². The summed E-state index contributed by atoms with van der Waals surface area (Å²) in [5, 5.41) is 0. The summed E-state index contributed by atoms with van der Waals surface area (Å²) in [5.74, 6) is 3.34. The lowest BCUT2D eigenvalue weighted by Gasteiger charge is -2.27. The minimum atomic E-state index is 0.392. The smallest absolute Gasteiger partial charge is 0.225 e. The second-order valence-electron chi connectivity index (χ2n) is 6.54. The van der Waals surface area contributed by atoms with E-state index in [0.29, 0.717) is 23.8 Å². The van der Waals surface area contributed by atoms with Crippen LogP contribution in [0.5, 0.6) is 0 Å². The van der Waals surface area contributed by atoms with E-state index in [1.165, 1.54) is 32.1 Å². The van der Waals surface area contributed by atoms with Gasteiger partial charge in [-0.25, -0.2) is 0 Å². The fraction of sp³-hybridized carbons (Fsp3) is 0.929. The fourth-order valence-corrected chi connectivity index (χ4v) is 3.35. The Morgan fingerprint density at radius 2 is 1.81 bits per heavy atom. The third-order valence-corrected chi connectivity index (χ3v) is 4.43. The van der Waals surface area contributed by atoms with E-state index >= 15 is 0 Å². The summed E-state index contributed by atoms with van der Waals surface area (Å²) in [6.45, 7) is 5.42. The van der Waals surface area contributed by atoms with Gasteiger partial charge in [-0.2, -0.15) is 0 Å². The van der Waals surface area contributed by atoms with Crippen LogP contribution < -0.4 is 0 Å². The van der Waals surface area contributed by atoms with Gasteiger partial charge in [-0.1, -0.05) is 13.8 Å². The average Bonchev–Trinajstić information content (AvgIpc) is 3.14. The molecule has 0 aromatic rings. The monoisotopic (exact) mass is 221 g/mol. The van der Waals surface area contributed by atoms with Crippen LogP contribution in [-0.4, -0.2) is 23.4 Å². The summed E-state index contributed by atoms with van der Waals surface area (Å²) < 4.78 is 0.